The topological polar surface area (TPSA) is 96.0 Å². The minimum absolute atomic E-state index is 0.0311. The Labute approximate surface area is 231 Å². The Balaban J connectivity index is 2.02. The smallest absolute Gasteiger partial charge is 0.264 e. The summed E-state index contributed by atoms with van der Waals surface area (Å²) in [5.41, 5.74) is 2.22. The Morgan fingerprint density at radius 1 is 0.923 bits per heavy atom. The van der Waals surface area contributed by atoms with Gasteiger partial charge in [-0.25, -0.2) is 8.42 Å². The number of anilines is 1. The lowest BCUT2D eigenvalue weighted by atomic mass is 10.1. The first-order valence-corrected chi connectivity index (χ1v) is 14.6. The van der Waals surface area contributed by atoms with E-state index < -0.39 is 28.5 Å². The van der Waals surface area contributed by atoms with Crippen LogP contribution in [0.3, 0.4) is 0 Å². The highest BCUT2D eigenvalue weighted by Gasteiger charge is 2.33. The molecule has 0 saturated heterocycles. The van der Waals surface area contributed by atoms with Gasteiger partial charge in [-0.2, -0.15) is 0 Å². The van der Waals surface area contributed by atoms with Crippen LogP contribution in [0.1, 0.15) is 38.3 Å². The number of para-hydroxylation sites is 1. The number of nitrogens with one attached hydrogen (secondary N) is 1. The van der Waals surface area contributed by atoms with E-state index in [9.17, 15) is 18.0 Å². The number of sulfonamides is 1. The zero-order valence-electron chi connectivity index (χ0n) is 23.0. The number of carbonyl (C=O) groups is 2. The molecule has 3 rings (SSSR count). The molecule has 39 heavy (non-hydrogen) atoms. The molecule has 0 aliphatic rings. The third-order valence-corrected chi connectivity index (χ3v) is 8.01. The first kappa shape index (κ1) is 29.7. The van der Waals surface area contributed by atoms with Crippen molar-refractivity contribution in [1.29, 1.82) is 0 Å². The first-order valence-electron chi connectivity index (χ1n) is 13.1. The van der Waals surface area contributed by atoms with Crippen LogP contribution in [0.4, 0.5) is 5.69 Å². The molecule has 0 unspecified atom stereocenters. The summed E-state index contributed by atoms with van der Waals surface area (Å²) in [4.78, 5) is 28.5. The predicted octanol–water partition coefficient (Wildman–Crippen LogP) is 4.53. The van der Waals surface area contributed by atoms with Gasteiger partial charge in [0.2, 0.25) is 11.8 Å². The zero-order chi connectivity index (χ0) is 28.4. The van der Waals surface area contributed by atoms with Gasteiger partial charge in [0.25, 0.3) is 10.0 Å². The molecule has 0 saturated carbocycles. The molecule has 2 amide bonds. The SMILES string of the molecule is CCNC(=O)[C@H](CC)N(Cc1cccc(C)c1)C(=O)CN(c1ccccc1)S(=O)(=O)c1ccc(OCC)cc1. The van der Waals surface area contributed by atoms with Gasteiger partial charge in [0.1, 0.15) is 18.3 Å². The van der Waals surface area contributed by atoms with Gasteiger partial charge in [0.15, 0.2) is 0 Å². The van der Waals surface area contributed by atoms with Crippen molar-refractivity contribution in [2.24, 2.45) is 0 Å². The summed E-state index contributed by atoms with van der Waals surface area (Å²) in [6.45, 7) is 8.03. The van der Waals surface area contributed by atoms with Crippen molar-refractivity contribution < 1.29 is 22.7 Å². The third-order valence-electron chi connectivity index (χ3n) is 6.22. The molecule has 1 N–H and O–H groups in total. The van der Waals surface area contributed by atoms with Crippen LogP contribution in [0, 0.1) is 6.92 Å². The lowest BCUT2D eigenvalue weighted by Gasteiger charge is -2.33. The van der Waals surface area contributed by atoms with Gasteiger partial charge in [0, 0.05) is 13.1 Å². The van der Waals surface area contributed by atoms with Crippen LogP contribution in [-0.4, -0.2) is 50.9 Å². The van der Waals surface area contributed by atoms with E-state index in [0.29, 0.717) is 31.0 Å². The number of nitrogens with zero attached hydrogens (tertiary/aromatic N) is 2. The summed E-state index contributed by atoms with van der Waals surface area (Å²) in [6.07, 6.45) is 0.375. The van der Waals surface area contributed by atoms with Gasteiger partial charge in [-0.1, -0.05) is 55.0 Å². The van der Waals surface area contributed by atoms with Crippen LogP contribution in [0.5, 0.6) is 5.75 Å². The fourth-order valence-electron chi connectivity index (χ4n) is 4.34. The van der Waals surface area contributed by atoms with Gasteiger partial charge in [-0.05, 0) is 69.2 Å². The average Bonchev–Trinajstić information content (AvgIpc) is 2.92. The second kappa shape index (κ2) is 13.8. The molecule has 0 bridgehead atoms. The predicted molar refractivity (Wildman–Crippen MR) is 153 cm³/mol. The highest BCUT2D eigenvalue weighted by atomic mass is 32.2. The number of hydrogen-bond acceptors (Lipinski definition) is 5. The van der Waals surface area contributed by atoms with Gasteiger partial charge >= 0.3 is 0 Å². The summed E-state index contributed by atoms with van der Waals surface area (Å²) in [7, 11) is -4.13. The Morgan fingerprint density at radius 3 is 2.21 bits per heavy atom. The molecule has 0 aromatic heterocycles. The van der Waals surface area contributed by atoms with E-state index in [-0.39, 0.29) is 17.3 Å². The monoisotopic (exact) mass is 551 g/mol. The minimum atomic E-state index is -4.13. The molecule has 3 aromatic carbocycles. The summed E-state index contributed by atoms with van der Waals surface area (Å²) in [6, 6.07) is 21.6. The van der Waals surface area contributed by atoms with Crippen molar-refractivity contribution in [3.8, 4) is 5.75 Å². The maximum absolute atomic E-state index is 14.0. The molecule has 8 nitrogen and oxygen atoms in total. The van der Waals surface area contributed by atoms with Crippen LogP contribution in [-0.2, 0) is 26.2 Å². The largest absolute Gasteiger partial charge is 0.494 e. The number of rotatable bonds is 13. The van der Waals surface area contributed by atoms with Crippen LogP contribution in [0.25, 0.3) is 0 Å². The van der Waals surface area contributed by atoms with Crippen molar-refractivity contribution in [2.45, 2.75) is 51.6 Å². The molecule has 0 fully saturated rings. The number of carbonyl (C=O) groups excluding carboxylic acids is 2. The summed E-state index contributed by atoms with van der Waals surface area (Å²) < 4.78 is 34.3. The van der Waals surface area contributed by atoms with Crippen molar-refractivity contribution in [1.82, 2.24) is 10.2 Å². The molecule has 0 aliphatic carbocycles. The quantitative estimate of drug-likeness (QED) is 0.337. The second-order valence-corrected chi connectivity index (χ2v) is 10.9. The Bertz CT molecular complexity index is 1340. The Morgan fingerprint density at radius 2 is 1.62 bits per heavy atom. The number of hydrogen-bond donors (Lipinski definition) is 1. The fourth-order valence-corrected chi connectivity index (χ4v) is 5.76. The van der Waals surface area contributed by atoms with E-state index in [4.69, 9.17) is 4.74 Å². The Kier molecular flexibility index (Phi) is 10.5. The van der Waals surface area contributed by atoms with E-state index >= 15 is 0 Å². The van der Waals surface area contributed by atoms with E-state index in [2.05, 4.69) is 5.32 Å². The molecular formula is C30H37N3O5S. The molecule has 208 valence electrons. The zero-order valence-corrected chi connectivity index (χ0v) is 23.8. The van der Waals surface area contributed by atoms with Crippen molar-refractivity contribution in [2.75, 3.05) is 24.0 Å². The van der Waals surface area contributed by atoms with Gasteiger partial charge in [-0.15, -0.1) is 0 Å². The third kappa shape index (κ3) is 7.60. The maximum atomic E-state index is 14.0. The van der Waals surface area contributed by atoms with E-state index in [0.717, 1.165) is 15.4 Å². The van der Waals surface area contributed by atoms with Crippen LogP contribution in [0.15, 0.2) is 83.8 Å². The van der Waals surface area contributed by atoms with E-state index in [1.807, 2.05) is 52.0 Å². The standard InChI is InChI=1S/C30H37N3O5S/c1-5-28(30(35)31-6-2)32(21-24-13-11-12-23(4)20-24)29(34)22-33(25-14-9-8-10-15-25)39(36,37)27-18-16-26(17-19-27)38-7-3/h8-20,28H,5-7,21-22H2,1-4H3,(H,31,35)/t28-/m0/s1. The Hall–Kier alpha value is -3.85. The van der Waals surface area contributed by atoms with Crippen LogP contribution in [0.2, 0.25) is 0 Å². The minimum Gasteiger partial charge on any atom is -0.494 e. The second-order valence-electron chi connectivity index (χ2n) is 9.08. The molecule has 0 spiro atoms. The highest BCUT2D eigenvalue weighted by Crippen LogP contribution is 2.26. The lowest BCUT2D eigenvalue weighted by Crippen LogP contribution is -2.52. The van der Waals surface area contributed by atoms with Crippen molar-refractivity contribution >= 4 is 27.5 Å². The van der Waals surface area contributed by atoms with Gasteiger partial charge in [-0.3, -0.25) is 13.9 Å². The van der Waals surface area contributed by atoms with Crippen molar-refractivity contribution in [3.63, 3.8) is 0 Å². The number of likely N-dealkylation sites (N-methyl/N-ethyl adjacent to an activating group) is 1. The molecule has 3 aromatic rings. The molecule has 0 heterocycles. The van der Waals surface area contributed by atoms with Gasteiger partial charge in [0.05, 0.1) is 17.2 Å². The van der Waals surface area contributed by atoms with Crippen LogP contribution >= 0.6 is 0 Å². The molecule has 0 aliphatic heterocycles. The summed E-state index contributed by atoms with van der Waals surface area (Å²) in [5.74, 6) is -0.203. The van der Waals surface area contributed by atoms with Crippen LogP contribution < -0.4 is 14.4 Å². The molecule has 0 radical (unpaired) electrons. The van der Waals surface area contributed by atoms with Gasteiger partial charge < -0.3 is 15.0 Å². The average molecular weight is 552 g/mol. The highest BCUT2D eigenvalue weighted by molar-refractivity contribution is 7.92. The maximum Gasteiger partial charge on any atom is 0.264 e. The van der Waals surface area contributed by atoms with Crippen molar-refractivity contribution in [3.05, 3.63) is 90.0 Å². The van der Waals surface area contributed by atoms with E-state index in [1.165, 1.54) is 17.0 Å². The van der Waals surface area contributed by atoms with E-state index in [1.54, 1.807) is 42.5 Å². The normalized spacial score (nSPS) is 11.9. The molecule has 9 heteroatoms. The number of amides is 2. The summed E-state index contributed by atoms with van der Waals surface area (Å²) >= 11 is 0. The number of ether oxygens (including phenoxy) is 1. The number of benzene rings is 3. The fraction of sp³-hybridized carbons (Fsp3) is 0.333. The summed E-state index contributed by atoms with van der Waals surface area (Å²) in [5, 5.41) is 2.81. The molecule has 1 atom stereocenters. The lowest BCUT2D eigenvalue weighted by molar-refractivity contribution is -0.140. The first-order chi connectivity index (χ1) is 18.7. The number of aryl methyl sites for hydroxylation is 1. The molecular weight excluding hydrogens is 514 g/mol.